The Hall–Kier alpha value is -0.890. The fourth-order valence-corrected chi connectivity index (χ4v) is 2.15. The number of hydrogen-bond acceptors (Lipinski definition) is 5. The number of morpholine rings is 1. The monoisotopic (exact) mass is 302 g/mol. The molecule has 1 fully saturated rings. The van der Waals surface area contributed by atoms with Crippen molar-refractivity contribution in [1.29, 1.82) is 0 Å². The molecular weight excluding hydrogens is 272 g/mol. The van der Waals surface area contributed by atoms with Gasteiger partial charge >= 0.3 is 0 Å². The van der Waals surface area contributed by atoms with Crippen LogP contribution in [-0.2, 0) is 9.47 Å². The predicted molar refractivity (Wildman–Crippen MR) is 83.7 cm³/mol. The Morgan fingerprint density at radius 2 is 2.10 bits per heavy atom. The van der Waals surface area contributed by atoms with Gasteiger partial charge in [0.1, 0.15) is 0 Å². The van der Waals surface area contributed by atoms with Crippen molar-refractivity contribution < 1.29 is 14.6 Å². The maximum atomic E-state index is 10.5. The van der Waals surface area contributed by atoms with E-state index in [9.17, 15) is 5.11 Å². The number of rotatable bonds is 8. The van der Waals surface area contributed by atoms with Crippen LogP contribution in [0.25, 0.3) is 0 Å². The molecule has 1 unspecified atom stereocenters. The third kappa shape index (κ3) is 8.21. The summed E-state index contributed by atoms with van der Waals surface area (Å²) in [5, 5.41) is 16.8. The van der Waals surface area contributed by atoms with Gasteiger partial charge in [0.2, 0.25) is 0 Å². The molecule has 1 saturated heterocycles. The van der Waals surface area contributed by atoms with Crippen LogP contribution in [0, 0.1) is 0 Å². The SMILES string of the molecule is CCNC(=NCC(C)(O)CN1CCOCC1)NCCOC. The number of guanidine groups is 1. The number of hydrogen-bond donors (Lipinski definition) is 3. The predicted octanol–water partition coefficient (Wildman–Crippen LogP) is -0.729. The molecule has 7 heteroatoms. The maximum absolute atomic E-state index is 10.5. The summed E-state index contributed by atoms with van der Waals surface area (Å²) in [7, 11) is 1.67. The molecular formula is C14H30N4O3. The lowest BCUT2D eigenvalue weighted by molar-refractivity contribution is -0.0179. The van der Waals surface area contributed by atoms with Gasteiger partial charge < -0.3 is 25.2 Å². The van der Waals surface area contributed by atoms with E-state index in [1.54, 1.807) is 7.11 Å². The molecule has 124 valence electrons. The summed E-state index contributed by atoms with van der Waals surface area (Å²) in [4.78, 5) is 6.67. The van der Waals surface area contributed by atoms with Gasteiger partial charge in [-0.3, -0.25) is 9.89 Å². The van der Waals surface area contributed by atoms with Crippen molar-refractivity contribution in [3.63, 3.8) is 0 Å². The van der Waals surface area contributed by atoms with Gasteiger partial charge in [0, 0.05) is 39.8 Å². The first-order valence-electron chi connectivity index (χ1n) is 7.61. The zero-order valence-electron chi connectivity index (χ0n) is 13.5. The topological polar surface area (TPSA) is 78.4 Å². The molecule has 1 rings (SSSR count). The number of nitrogens with one attached hydrogen (secondary N) is 2. The van der Waals surface area contributed by atoms with E-state index in [0.717, 1.165) is 32.8 Å². The molecule has 0 amide bonds. The lowest BCUT2D eigenvalue weighted by atomic mass is 10.1. The van der Waals surface area contributed by atoms with Gasteiger partial charge in [-0.25, -0.2) is 0 Å². The third-order valence-electron chi connectivity index (χ3n) is 3.19. The molecule has 0 aromatic carbocycles. The average molecular weight is 302 g/mol. The highest BCUT2D eigenvalue weighted by Gasteiger charge is 2.25. The van der Waals surface area contributed by atoms with Crippen LogP contribution in [0.3, 0.4) is 0 Å². The third-order valence-corrected chi connectivity index (χ3v) is 3.19. The van der Waals surface area contributed by atoms with E-state index in [2.05, 4.69) is 20.5 Å². The molecule has 7 nitrogen and oxygen atoms in total. The molecule has 1 aliphatic heterocycles. The van der Waals surface area contributed by atoms with Crippen molar-refractivity contribution in [2.45, 2.75) is 19.4 Å². The van der Waals surface area contributed by atoms with Crippen molar-refractivity contribution in [1.82, 2.24) is 15.5 Å². The summed E-state index contributed by atoms with van der Waals surface area (Å²) in [6, 6.07) is 0. The van der Waals surface area contributed by atoms with Gasteiger partial charge in [0.25, 0.3) is 0 Å². The molecule has 0 aliphatic carbocycles. The molecule has 3 N–H and O–H groups in total. The van der Waals surface area contributed by atoms with E-state index in [-0.39, 0.29) is 0 Å². The highest BCUT2D eigenvalue weighted by Crippen LogP contribution is 2.09. The second kappa shape index (κ2) is 9.94. The normalized spacial score (nSPS) is 20.1. The number of ether oxygens (including phenoxy) is 2. The van der Waals surface area contributed by atoms with Gasteiger partial charge in [-0.1, -0.05) is 0 Å². The summed E-state index contributed by atoms with van der Waals surface area (Å²) in [5.41, 5.74) is -0.846. The van der Waals surface area contributed by atoms with Crippen molar-refractivity contribution >= 4 is 5.96 Å². The minimum absolute atomic E-state index is 0.354. The first-order chi connectivity index (χ1) is 10.1. The number of methoxy groups -OCH3 is 1. The number of aliphatic hydroxyl groups is 1. The fourth-order valence-electron chi connectivity index (χ4n) is 2.15. The standard InChI is InChI=1S/C14H30N4O3/c1-4-15-13(16-5-8-20-3)17-11-14(2,19)12-18-6-9-21-10-7-18/h19H,4-12H2,1-3H3,(H2,15,16,17). The van der Waals surface area contributed by atoms with Crippen LogP contribution >= 0.6 is 0 Å². The van der Waals surface area contributed by atoms with Crippen LogP contribution in [0.1, 0.15) is 13.8 Å². The zero-order valence-corrected chi connectivity index (χ0v) is 13.5. The van der Waals surface area contributed by atoms with Crippen molar-refractivity contribution in [3.8, 4) is 0 Å². The summed E-state index contributed by atoms with van der Waals surface area (Å²) >= 11 is 0. The molecule has 0 aromatic heterocycles. The molecule has 1 aliphatic rings. The van der Waals surface area contributed by atoms with Crippen LogP contribution in [-0.4, -0.2) is 87.8 Å². The Labute approximate surface area is 127 Å². The van der Waals surface area contributed by atoms with Gasteiger partial charge in [0.15, 0.2) is 5.96 Å². The Balaban J connectivity index is 2.42. The Kier molecular flexibility index (Phi) is 8.60. The van der Waals surface area contributed by atoms with E-state index in [1.807, 2.05) is 13.8 Å². The highest BCUT2D eigenvalue weighted by atomic mass is 16.5. The summed E-state index contributed by atoms with van der Waals surface area (Å²) in [6.07, 6.45) is 0. The summed E-state index contributed by atoms with van der Waals surface area (Å²) in [5.74, 6) is 0.705. The highest BCUT2D eigenvalue weighted by molar-refractivity contribution is 5.79. The molecule has 1 atom stereocenters. The minimum Gasteiger partial charge on any atom is -0.387 e. The van der Waals surface area contributed by atoms with E-state index < -0.39 is 5.60 Å². The molecule has 21 heavy (non-hydrogen) atoms. The van der Waals surface area contributed by atoms with Gasteiger partial charge in [-0.15, -0.1) is 0 Å². The van der Waals surface area contributed by atoms with E-state index >= 15 is 0 Å². The Morgan fingerprint density at radius 3 is 2.71 bits per heavy atom. The molecule has 0 spiro atoms. The Morgan fingerprint density at radius 1 is 1.38 bits per heavy atom. The Bertz CT molecular complexity index is 305. The molecule has 0 saturated carbocycles. The fraction of sp³-hybridized carbons (Fsp3) is 0.929. The first-order valence-corrected chi connectivity index (χ1v) is 7.61. The van der Waals surface area contributed by atoms with Crippen LogP contribution in [0.4, 0.5) is 0 Å². The lowest BCUT2D eigenvalue weighted by Gasteiger charge is -2.33. The van der Waals surface area contributed by atoms with Gasteiger partial charge in [-0.2, -0.15) is 0 Å². The van der Waals surface area contributed by atoms with Gasteiger partial charge in [-0.05, 0) is 13.8 Å². The van der Waals surface area contributed by atoms with E-state index in [1.165, 1.54) is 0 Å². The van der Waals surface area contributed by atoms with Crippen molar-refractivity contribution in [2.75, 3.05) is 66.2 Å². The van der Waals surface area contributed by atoms with Crippen LogP contribution in [0.2, 0.25) is 0 Å². The van der Waals surface area contributed by atoms with Crippen molar-refractivity contribution in [3.05, 3.63) is 0 Å². The molecule has 0 aromatic rings. The van der Waals surface area contributed by atoms with Crippen molar-refractivity contribution in [2.24, 2.45) is 4.99 Å². The smallest absolute Gasteiger partial charge is 0.191 e. The second-order valence-electron chi connectivity index (χ2n) is 5.50. The largest absolute Gasteiger partial charge is 0.387 e. The van der Waals surface area contributed by atoms with E-state index in [4.69, 9.17) is 9.47 Å². The molecule has 0 bridgehead atoms. The lowest BCUT2D eigenvalue weighted by Crippen LogP contribution is -2.48. The summed E-state index contributed by atoms with van der Waals surface area (Å²) in [6.45, 7) is 10.1. The number of β-amino-alcohol motifs (C(OH)–C–C–N with tert-alkyl or cyclic N) is 1. The van der Waals surface area contributed by atoms with Gasteiger partial charge in [0.05, 0.1) is 32.0 Å². The molecule has 1 heterocycles. The van der Waals surface area contributed by atoms with Crippen LogP contribution in [0.5, 0.6) is 0 Å². The number of aliphatic imine (C=N–C) groups is 1. The van der Waals surface area contributed by atoms with Crippen LogP contribution in [0.15, 0.2) is 4.99 Å². The maximum Gasteiger partial charge on any atom is 0.191 e. The second-order valence-corrected chi connectivity index (χ2v) is 5.50. The number of nitrogens with zero attached hydrogens (tertiary/aromatic N) is 2. The summed E-state index contributed by atoms with van der Waals surface area (Å²) < 4.78 is 10.3. The average Bonchev–Trinajstić information content (AvgIpc) is 2.46. The zero-order chi connectivity index (χ0) is 15.6. The first kappa shape index (κ1) is 18.2. The quantitative estimate of drug-likeness (QED) is 0.312. The molecule has 0 radical (unpaired) electrons. The minimum atomic E-state index is -0.846. The van der Waals surface area contributed by atoms with Crippen LogP contribution < -0.4 is 10.6 Å². The van der Waals surface area contributed by atoms with E-state index in [0.29, 0.717) is 32.2 Å².